The van der Waals surface area contributed by atoms with Crippen LogP contribution in [0.15, 0.2) is 24.3 Å². The van der Waals surface area contributed by atoms with E-state index < -0.39 is 0 Å². The minimum atomic E-state index is 0.614. The van der Waals surface area contributed by atoms with E-state index in [1.165, 1.54) is 12.0 Å². The molecule has 0 spiro atoms. The van der Waals surface area contributed by atoms with Gasteiger partial charge >= 0.3 is 0 Å². The van der Waals surface area contributed by atoms with Crippen molar-refractivity contribution in [1.82, 2.24) is 0 Å². The molecule has 1 unspecified atom stereocenters. The smallest absolute Gasteiger partial charge is 0.0316 e. The first-order valence-electron chi connectivity index (χ1n) is 4.95. The molecule has 0 bridgehead atoms. The van der Waals surface area contributed by atoms with Crippen LogP contribution in [-0.2, 0) is 0 Å². The third kappa shape index (κ3) is 3.10. The van der Waals surface area contributed by atoms with E-state index in [2.05, 4.69) is 32.9 Å². The number of hydrogen-bond acceptors (Lipinski definition) is 1. The van der Waals surface area contributed by atoms with Gasteiger partial charge in [-0.05, 0) is 36.0 Å². The van der Waals surface area contributed by atoms with E-state index in [0.717, 1.165) is 11.6 Å². The summed E-state index contributed by atoms with van der Waals surface area (Å²) in [6.07, 6.45) is 1.23. The van der Waals surface area contributed by atoms with Crippen LogP contribution in [0.25, 0.3) is 0 Å². The highest BCUT2D eigenvalue weighted by atomic mass is 14.5. The first-order valence-corrected chi connectivity index (χ1v) is 4.95. The van der Waals surface area contributed by atoms with Crippen molar-refractivity contribution in [3.05, 3.63) is 29.8 Å². The monoisotopic (exact) mass is 177 g/mol. The van der Waals surface area contributed by atoms with Gasteiger partial charge in [0.1, 0.15) is 0 Å². The van der Waals surface area contributed by atoms with Crippen LogP contribution in [0.4, 0.5) is 5.69 Å². The zero-order valence-electron chi connectivity index (χ0n) is 8.75. The minimum absolute atomic E-state index is 0.614. The van der Waals surface area contributed by atoms with Crippen molar-refractivity contribution in [2.24, 2.45) is 5.92 Å². The van der Waals surface area contributed by atoms with Crippen molar-refractivity contribution in [1.29, 1.82) is 0 Å². The van der Waals surface area contributed by atoms with Gasteiger partial charge in [0.25, 0.3) is 0 Å². The Balaban J connectivity index is 2.71. The molecule has 0 saturated carbocycles. The molecule has 1 heteroatoms. The Bertz CT molecular complexity index is 266. The Morgan fingerprint density at radius 2 is 1.92 bits per heavy atom. The van der Waals surface area contributed by atoms with Gasteiger partial charge in [-0.25, -0.2) is 0 Å². The molecule has 1 aromatic carbocycles. The highest BCUT2D eigenvalue weighted by Gasteiger charge is 2.07. The van der Waals surface area contributed by atoms with E-state index in [1.54, 1.807) is 0 Å². The summed E-state index contributed by atoms with van der Waals surface area (Å²) in [6.45, 7) is 6.76. The van der Waals surface area contributed by atoms with Crippen molar-refractivity contribution in [2.45, 2.75) is 33.1 Å². The number of hydrogen-bond donors (Lipinski definition) is 1. The molecule has 0 heterocycles. The van der Waals surface area contributed by atoms with Gasteiger partial charge in [-0.3, -0.25) is 0 Å². The summed E-state index contributed by atoms with van der Waals surface area (Å²) in [5, 5.41) is 0. The van der Waals surface area contributed by atoms with Crippen LogP contribution >= 0.6 is 0 Å². The molecule has 1 rings (SSSR count). The molecule has 1 aromatic rings. The lowest BCUT2D eigenvalue weighted by Crippen LogP contribution is -1.99. The molecule has 0 aliphatic heterocycles. The predicted octanol–water partition coefficient (Wildman–Crippen LogP) is 3.42. The second kappa shape index (κ2) is 4.31. The maximum atomic E-state index is 5.73. The lowest BCUT2D eigenvalue weighted by atomic mass is 9.92. The maximum Gasteiger partial charge on any atom is 0.0316 e. The third-order valence-corrected chi connectivity index (χ3v) is 2.30. The van der Waals surface area contributed by atoms with Gasteiger partial charge in [-0.2, -0.15) is 0 Å². The molecule has 2 N–H and O–H groups in total. The summed E-state index contributed by atoms with van der Waals surface area (Å²) in [6, 6.07) is 8.20. The van der Waals surface area contributed by atoms with Crippen molar-refractivity contribution in [3.63, 3.8) is 0 Å². The van der Waals surface area contributed by atoms with Gasteiger partial charge in [0.05, 0.1) is 0 Å². The molecule has 0 radical (unpaired) electrons. The predicted molar refractivity (Wildman–Crippen MR) is 58.7 cm³/mol. The molecule has 0 aliphatic carbocycles. The van der Waals surface area contributed by atoms with E-state index in [9.17, 15) is 0 Å². The molecule has 1 nitrogen and oxygen atoms in total. The van der Waals surface area contributed by atoms with E-state index in [4.69, 9.17) is 5.73 Å². The number of nitrogen functional groups attached to an aromatic ring is 1. The van der Waals surface area contributed by atoms with E-state index in [1.807, 2.05) is 12.1 Å². The molecule has 0 fully saturated rings. The second-order valence-electron chi connectivity index (χ2n) is 4.20. The topological polar surface area (TPSA) is 26.0 Å². The molecular formula is C12H19N. The van der Waals surface area contributed by atoms with Crippen LogP contribution in [0.3, 0.4) is 0 Å². The Morgan fingerprint density at radius 3 is 2.46 bits per heavy atom. The van der Waals surface area contributed by atoms with Crippen molar-refractivity contribution in [3.8, 4) is 0 Å². The summed E-state index contributed by atoms with van der Waals surface area (Å²) in [7, 11) is 0. The van der Waals surface area contributed by atoms with Crippen molar-refractivity contribution < 1.29 is 0 Å². The fraction of sp³-hybridized carbons (Fsp3) is 0.500. The quantitative estimate of drug-likeness (QED) is 0.703. The third-order valence-electron chi connectivity index (χ3n) is 2.30. The number of benzene rings is 1. The van der Waals surface area contributed by atoms with Crippen molar-refractivity contribution in [2.75, 3.05) is 5.73 Å². The van der Waals surface area contributed by atoms with Crippen LogP contribution in [-0.4, -0.2) is 0 Å². The fourth-order valence-corrected chi connectivity index (χ4v) is 1.71. The Labute approximate surface area is 81.0 Å². The molecule has 72 valence electrons. The number of anilines is 1. The highest BCUT2D eigenvalue weighted by Crippen LogP contribution is 2.24. The Kier molecular flexibility index (Phi) is 3.35. The second-order valence-corrected chi connectivity index (χ2v) is 4.20. The van der Waals surface area contributed by atoms with Crippen LogP contribution in [0, 0.1) is 5.92 Å². The Hall–Kier alpha value is -0.980. The lowest BCUT2D eigenvalue weighted by Gasteiger charge is -2.14. The average Bonchev–Trinajstić information content (AvgIpc) is 2.03. The molecule has 0 aromatic heterocycles. The highest BCUT2D eigenvalue weighted by molar-refractivity contribution is 5.41. The number of rotatable bonds is 3. The maximum absolute atomic E-state index is 5.73. The van der Waals surface area contributed by atoms with Gasteiger partial charge in [0, 0.05) is 5.69 Å². The van der Waals surface area contributed by atoms with E-state index in [0.29, 0.717) is 5.92 Å². The first kappa shape index (κ1) is 10.1. The van der Waals surface area contributed by atoms with Crippen LogP contribution < -0.4 is 5.73 Å². The largest absolute Gasteiger partial charge is 0.399 e. The van der Waals surface area contributed by atoms with Gasteiger partial charge in [0.2, 0.25) is 0 Å². The summed E-state index contributed by atoms with van der Waals surface area (Å²) in [5.41, 5.74) is 7.95. The summed E-state index contributed by atoms with van der Waals surface area (Å²) in [4.78, 5) is 0. The first-order chi connectivity index (χ1) is 6.09. The van der Waals surface area contributed by atoms with E-state index in [-0.39, 0.29) is 0 Å². The Morgan fingerprint density at radius 1 is 1.23 bits per heavy atom. The normalized spacial score (nSPS) is 13.2. The molecular weight excluding hydrogens is 158 g/mol. The fourth-order valence-electron chi connectivity index (χ4n) is 1.71. The van der Waals surface area contributed by atoms with Crippen LogP contribution in [0.1, 0.15) is 38.7 Å². The minimum Gasteiger partial charge on any atom is -0.399 e. The van der Waals surface area contributed by atoms with E-state index >= 15 is 0 Å². The van der Waals surface area contributed by atoms with Gasteiger partial charge < -0.3 is 5.73 Å². The number of nitrogens with two attached hydrogens (primary N) is 1. The SMILES string of the molecule is CC(C)CC(C)c1cccc(N)c1. The van der Waals surface area contributed by atoms with Crippen LogP contribution in [0.5, 0.6) is 0 Å². The summed E-state index contributed by atoms with van der Waals surface area (Å²) < 4.78 is 0. The summed E-state index contributed by atoms with van der Waals surface area (Å²) >= 11 is 0. The zero-order valence-corrected chi connectivity index (χ0v) is 8.75. The van der Waals surface area contributed by atoms with Gasteiger partial charge in [-0.15, -0.1) is 0 Å². The van der Waals surface area contributed by atoms with Crippen molar-refractivity contribution >= 4 is 5.69 Å². The molecule has 0 aliphatic rings. The van der Waals surface area contributed by atoms with Gasteiger partial charge in [0.15, 0.2) is 0 Å². The molecule has 0 amide bonds. The lowest BCUT2D eigenvalue weighted by molar-refractivity contribution is 0.524. The standard InChI is InChI=1S/C12H19N/c1-9(2)7-10(3)11-5-4-6-12(13)8-11/h4-6,8-10H,7,13H2,1-3H3. The molecule has 1 atom stereocenters. The zero-order chi connectivity index (χ0) is 9.84. The molecule has 13 heavy (non-hydrogen) atoms. The molecule has 0 saturated heterocycles. The average molecular weight is 177 g/mol. The van der Waals surface area contributed by atoms with Gasteiger partial charge in [-0.1, -0.05) is 32.9 Å². The summed E-state index contributed by atoms with van der Waals surface area (Å²) in [5.74, 6) is 1.36. The van der Waals surface area contributed by atoms with Crippen LogP contribution in [0.2, 0.25) is 0 Å².